The number of hydrogen-bond donors (Lipinski definition) is 0. The SMILES string of the molecule is [Li+].[c-]1ccccc1.c1ccc(Pc2ccccc2)cc1. The molecule has 94 valence electrons. The molecule has 3 aromatic rings. The second-order valence-electron chi connectivity index (χ2n) is 3.93. The molecule has 0 atom stereocenters. The maximum absolute atomic E-state index is 2.89. The molecule has 0 amide bonds. The minimum absolute atomic E-state index is 0. The molecule has 0 nitrogen and oxygen atoms in total. The predicted molar refractivity (Wildman–Crippen MR) is 85.7 cm³/mol. The van der Waals surface area contributed by atoms with Crippen LogP contribution in [0.15, 0.2) is 91.0 Å². The van der Waals surface area contributed by atoms with E-state index in [2.05, 4.69) is 66.7 Å². The van der Waals surface area contributed by atoms with E-state index in [0.29, 0.717) is 0 Å². The van der Waals surface area contributed by atoms with Crippen LogP contribution in [0.5, 0.6) is 0 Å². The quantitative estimate of drug-likeness (QED) is 0.367. The molecule has 20 heavy (non-hydrogen) atoms. The number of rotatable bonds is 2. The molecule has 0 saturated heterocycles. The molecule has 0 aliphatic rings. The van der Waals surface area contributed by atoms with Crippen molar-refractivity contribution < 1.29 is 18.9 Å². The molecular formula is C18H16LiP. The van der Waals surface area contributed by atoms with E-state index < -0.39 is 0 Å². The van der Waals surface area contributed by atoms with Crippen molar-refractivity contribution >= 4 is 19.2 Å². The predicted octanol–water partition coefficient (Wildman–Crippen LogP) is 0.807. The van der Waals surface area contributed by atoms with Crippen LogP contribution in [0.1, 0.15) is 0 Å². The van der Waals surface area contributed by atoms with Crippen molar-refractivity contribution in [3.8, 4) is 0 Å². The van der Waals surface area contributed by atoms with Crippen molar-refractivity contribution in [2.24, 2.45) is 0 Å². The molecule has 0 N–H and O–H groups in total. The van der Waals surface area contributed by atoms with E-state index >= 15 is 0 Å². The van der Waals surface area contributed by atoms with Crippen LogP contribution in [0, 0.1) is 6.07 Å². The molecule has 3 rings (SSSR count). The van der Waals surface area contributed by atoms with Gasteiger partial charge in [0.15, 0.2) is 0 Å². The van der Waals surface area contributed by atoms with Crippen LogP contribution in [0.4, 0.5) is 0 Å². The van der Waals surface area contributed by atoms with Crippen molar-refractivity contribution in [3.05, 3.63) is 97.1 Å². The average molecular weight is 270 g/mol. The summed E-state index contributed by atoms with van der Waals surface area (Å²) < 4.78 is 0. The Morgan fingerprint density at radius 3 is 1.25 bits per heavy atom. The van der Waals surface area contributed by atoms with Gasteiger partial charge in [-0.05, 0) is 10.6 Å². The normalized spacial score (nSPS) is 8.80. The zero-order valence-electron chi connectivity index (χ0n) is 11.7. The van der Waals surface area contributed by atoms with E-state index in [-0.39, 0.29) is 18.9 Å². The summed E-state index contributed by atoms with van der Waals surface area (Å²) >= 11 is 0. The standard InChI is InChI=1S/C12H11P.C6H5.Li/c1-3-7-11(8-4-1)13-12-9-5-2-6-10-12;1-2-4-6-5-3-1;/h1-10,13H;1-5H;/q;-1;+1. The third kappa shape index (κ3) is 6.74. The van der Waals surface area contributed by atoms with Crippen molar-refractivity contribution in [2.45, 2.75) is 0 Å². The summed E-state index contributed by atoms with van der Waals surface area (Å²) in [6.45, 7) is 0. The van der Waals surface area contributed by atoms with Crippen molar-refractivity contribution in [2.75, 3.05) is 0 Å². The van der Waals surface area contributed by atoms with E-state index in [1.54, 1.807) is 0 Å². The Bertz CT molecular complexity index is 488. The summed E-state index contributed by atoms with van der Waals surface area (Å²) in [5.41, 5.74) is 0. The van der Waals surface area contributed by atoms with Crippen LogP contribution in [0.25, 0.3) is 0 Å². The van der Waals surface area contributed by atoms with E-state index in [1.165, 1.54) is 10.6 Å². The summed E-state index contributed by atoms with van der Waals surface area (Å²) in [6, 6.07) is 33.7. The van der Waals surface area contributed by atoms with Gasteiger partial charge in [-0.2, -0.15) is 36.4 Å². The fourth-order valence-electron chi connectivity index (χ4n) is 1.55. The Morgan fingerprint density at radius 1 is 0.550 bits per heavy atom. The third-order valence-electron chi connectivity index (χ3n) is 2.44. The summed E-state index contributed by atoms with van der Waals surface area (Å²) in [4.78, 5) is 0. The van der Waals surface area contributed by atoms with Crippen molar-refractivity contribution in [1.82, 2.24) is 0 Å². The van der Waals surface area contributed by atoms with Gasteiger partial charge in [0.1, 0.15) is 0 Å². The molecule has 0 aliphatic carbocycles. The second-order valence-corrected chi connectivity index (χ2v) is 5.34. The van der Waals surface area contributed by atoms with Gasteiger partial charge in [-0.25, -0.2) is 0 Å². The minimum atomic E-state index is 0. The number of benzene rings is 3. The first-order valence-corrected chi connectivity index (χ1v) is 7.23. The molecule has 0 aliphatic heterocycles. The Kier molecular flexibility index (Phi) is 8.77. The van der Waals surface area contributed by atoms with Gasteiger partial charge in [0, 0.05) is 0 Å². The van der Waals surface area contributed by atoms with Gasteiger partial charge in [-0.3, -0.25) is 0 Å². The zero-order chi connectivity index (χ0) is 13.2. The van der Waals surface area contributed by atoms with Crippen LogP contribution < -0.4 is 29.5 Å². The number of hydrogen-bond acceptors (Lipinski definition) is 0. The first kappa shape index (κ1) is 16.7. The molecule has 0 fully saturated rings. The molecule has 0 radical (unpaired) electrons. The van der Waals surface area contributed by atoms with Crippen molar-refractivity contribution in [3.63, 3.8) is 0 Å². The minimum Gasteiger partial charge on any atom is -0.184 e. The fourth-order valence-corrected chi connectivity index (χ4v) is 2.60. The molecule has 0 unspecified atom stereocenters. The van der Waals surface area contributed by atoms with E-state index in [4.69, 9.17) is 0 Å². The molecule has 2 heteroatoms. The maximum atomic E-state index is 2.89. The van der Waals surface area contributed by atoms with E-state index in [0.717, 1.165) is 8.58 Å². The molecule has 0 saturated carbocycles. The topological polar surface area (TPSA) is 0 Å². The Hall–Kier alpha value is -1.31. The van der Waals surface area contributed by atoms with Crippen LogP contribution in [0.2, 0.25) is 0 Å². The van der Waals surface area contributed by atoms with Gasteiger partial charge in [0.05, 0.1) is 0 Å². The molecule has 3 aromatic carbocycles. The summed E-state index contributed by atoms with van der Waals surface area (Å²) in [6.07, 6.45) is 0. The van der Waals surface area contributed by atoms with Crippen molar-refractivity contribution in [1.29, 1.82) is 0 Å². The summed E-state index contributed by atoms with van der Waals surface area (Å²) in [5, 5.41) is 2.79. The van der Waals surface area contributed by atoms with E-state index in [1.807, 2.05) is 30.3 Å². The first-order chi connectivity index (χ1) is 9.45. The van der Waals surface area contributed by atoms with Gasteiger partial charge in [-0.15, -0.1) is 0 Å². The third-order valence-corrected chi connectivity index (χ3v) is 3.69. The Labute approximate surface area is 135 Å². The second kappa shape index (κ2) is 10.5. The molecule has 0 spiro atoms. The van der Waals surface area contributed by atoms with Gasteiger partial charge in [0.2, 0.25) is 0 Å². The summed E-state index contributed by atoms with van der Waals surface area (Å²) in [7, 11) is 0.777. The monoisotopic (exact) mass is 270 g/mol. The average Bonchev–Trinajstić information content (AvgIpc) is 2.52. The van der Waals surface area contributed by atoms with E-state index in [9.17, 15) is 0 Å². The zero-order valence-corrected chi connectivity index (χ0v) is 12.7. The Balaban J connectivity index is 0.000000243. The first-order valence-electron chi connectivity index (χ1n) is 6.23. The molecular weight excluding hydrogens is 254 g/mol. The maximum Gasteiger partial charge on any atom is 1.00 e. The molecule has 0 heterocycles. The van der Waals surface area contributed by atoms with Crippen LogP contribution in [-0.4, -0.2) is 0 Å². The Morgan fingerprint density at radius 2 is 0.950 bits per heavy atom. The van der Waals surface area contributed by atoms with Crippen LogP contribution in [0.3, 0.4) is 0 Å². The molecule has 0 aromatic heterocycles. The smallest absolute Gasteiger partial charge is 0.184 e. The van der Waals surface area contributed by atoms with Gasteiger partial charge in [0.25, 0.3) is 0 Å². The molecule has 0 bridgehead atoms. The van der Waals surface area contributed by atoms with Crippen LogP contribution >= 0.6 is 8.58 Å². The largest absolute Gasteiger partial charge is 1.00 e. The van der Waals surface area contributed by atoms with Gasteiger partial charge < -0.3 is 0 Å². The fraction of sp³-hybridized carbons (Fsp3) is 0. The summed E-state index contributed by atoms with van der Waals surface area (Å²) in [5.74, 6) is 0. The van der Waals surface area contributed by atoms with Gasteiger partial charge in [-0.1, -0.05) is 69.2 Å². The van der Waals surface area contributed by atoms with Crippen LogP contribution in [-0.2, 0) is 0 Å². The van der Waals surface area contributed by atoms with Gasteiger partial charge >= 0.3 is 18.9 Å².